The van der Waals surface area contributed by atoms with Gasteiger partial charge >= 0.3 is 0 Å². The van der Waals surface area contributed by atoms with Crippen molar-refractivity contribution in [3.63, 3.8) is 0 Å². The zero-order chi connectivity index (χ0) is 16.4. The van der Waals surface area contributed by atoms with Crippen LogP contribution in [-0.4, -0.2) is 21.3 Å². The molecule has 3 aromatic heterocycles. The van der Waals surface area contributed by atoms with Crippen molar-refractivity contribution in [3.8, 4) is 17.1 Å². The van der Waals surface area contributed by atoms with Crippen LogP contribution in [0.25, 0.3) is 17.1 Å². The summed E-state index contributed by atoms with van der Waals surface area (Å²) in [5.74, 6) is 1.63. The fraction of sp³-hybridized carbons (Fsp3) is 0.412. The maximum absolute atomic E-state index is 5.21. The Bertz CT molecular complexity index is 799. The molecule has 0 spiro atoms. The minimum atomic E-state index is 0.810. The molecule has 0 unspecified atom stereocenters. The van der Waals surface area contributed by atoms with Crippen molar-refractivity contribution >= 4 is 16.5 Å². The van der Waals surface area contributed by atoms with Crippen molar-refractivity contribution in [2.45, 2.75) is 40.5 Å². The van der Waals surface area contributed by atoms with E-state index in [-0.39, 0.29) is 0 Å². The number of aromatic nitrogens is 3. The highest BCUT2D eigenvalue weighted by molar-refractivity contribution is 7.14. The van der Waals surface area contributed by atoms with E-state index in [1.165, 1.54) is 6.42 Å². The molecule has 0 aliphatic carbocycles. The van der Waals surface area contributed by atoms with Gasteiger partial charge in [0.25, 0.3) is 0 Å². The minimum Gasteiger partial charge on any atom is -0.362 e. The third-order valence-corrected chi connectivity index (χ3v) is 4.66. The van der Waals surface area contributed by atoms with E-state index in [2.05, 4.69) is 47.3 Å². The summed E-state index contributed by atoms with van der Waals surface area (Å²) < 4.78 is 7.32. The molecule has 3 aromatic rings. The highest BCUT2D eigenvalue weighted by Gasteiger charge is 2.16. The number of anilines is 1. The molecule has 0 atom stereocenters. The standard InChI is InChI=1S/C17H22N4OS/c1-5-6-7-18-17-19-15(10-23-17)14-8-11(2)21(13(14)4)16-9-12(3)22-20-16/h8-10H,5-7H2,1-4H3,(H,18,19). The first-order valence-corrected chi connectivity index (χ1v) is 8.80. The summed E-state index contributed by atoms with van der Waals surface area (Å²) in [4.78, 5) is 4.72. The Labute approximate surface area is 140 Å². The van der Waals surface area contributed by atoms with E-state index in [0.29, 0.717) is 0 Å². The molecule has 6 heteroatoms. The topological polar surface area (TPSA) is 55.9 Å². The summed E-state index contributed by atoms with van der Waals surface area (Å²) in [5.41, 5.74) is 4.40. The molecule has 0 amide bonds. The van der Waals surface area contributed by atoms with Crippen LogP contribution in [0.2, 0.25) is 0 Å². The monoisotopic (exact) mass is 330 g/mol. The molecule has 0 bridgehead atoms. The number of aryl methyl sites for hydroxylation is 2. The van der Waals surface area contributed by atoms with Crippen LogP contribution in [0.15, 0.2) is 22.0 Å². The van der Waals surface area contributed by atoms with E-state index in [4.69, 9.17) is 9.51 Å². The second-order valence-corrected chi connectivity index (χ2v) is 6.59. The molecule has 3 rings (SSSR count). The Morgan fingerprint density at radius 3 is 2.78 bits per heavy atom. The number of nitrogens with zero attached hydrogens (tertiary/aromatic N) is 3. The molecule has 0 aromatic carbocycles. The molecule has 23 heavy (non-hydrogen) atoms. The smallest absolute Gasteiger partial charge is 0.183 e. The maximum Gasteiger partial charge on any atom is 0.183 e. The van der Waals surface area contributed by atoms with Crippen LogP contribution in [0.5, 0.6) is 0 Å². The number of unbranched alkanes of at least 4 members (excludes halogenated alkanes) is 1. The molecule has 0 fully saturated rings. The van der Waals surface area contributed by atoms with E-state index in [1.807, 2.05) is 13.0 Å². The lowest BCUT2D eigenvalue weighted by Crippen LogP contribution is -2.00. The lowest BCUT2D eigenvalue weighted by atomic mass is 10.2. The van der Waals surface area contributed by atoms with Crippen molar-refractivity contribution < 1.29 is 4.52 Å². The van der Waals surface area contributed by atoms with Gasteiger partial charge in [-0.2, -0.15) is 0 Å². The summed E-state index contributed by atoms with van der Waals surface area (Å²) in [6.45, 7) is 9.24. The van der Waals surface area contributed by atoms with Crippen LogP contribution >= 0.6 is 11.3 Å². The van der Waals surface area contributed by atoms with Crippen LogP contribution in [0.1, 0.15) is 36.9 Å². The lowest BCUT2D eigenvalue weighted by molar-refractivity contribution is 0.394. The SMILES string of the molecule is CCCCNc1nc(-c2cc(C)n(-c3cc(C)on3)c2C)cs1. The fourth-order valence-corrected chi connectivity index (χ4v) is 3.42. The van der Waals surface area contributed by atoms with Gasteiger partial charge in [0.15, 0.2) is 10.9 Å². The van der Waals surface area contributed by atoms with Gasteiger partial charge in [-0.25, -0.2) is 4.98 Å². The molecule has 0 aliphatic heterocycles. The quantitative estimate of drug-likeness (QED) is 0.664. The highest BCUT2D eigenvalue weighted by atomic mass is 32.1. The molecule has 5 nitrogen and oxygen atoms in total. The second kappa shape index (κ2) is 6.58. The van der Waals surface area contributed by atoms with E-state index >= 15 is 0 Å². The van der Waals surface area contributed by atoms with Gasteiger partial charge in [-0.15, -0.1) is 11.3 Å². The van der Waals surface area contributed by atoms with E-state index in [0.717, 1.165) is 52.3 Å². The Balaban J connectivity index is 1.89. The molecule has 3 heterocycles. The fourth-order valence-electron chi connectivity index (χ4n) is 2.68. The number of hydrogen-bond acceptors (Lipinski definition) is 5. The van der Waals surface area contributed by atoms with E-state index in [1.54, 1.807) is 11.3 Å². The van der Waals surface area contributed by atoms with Gasteiger partial charge in [0, 0.05) is 34.9 Å². The van der Waals surface area contributed by atoms with Crippen LogP contribution in [0.4, 0.5) is 5.13 Å². The molecule has 0 saturated heterocycles. The molecule has 122 valence electrons. The normalized spacial score (nSPS) is 11.1. The average molecular weight is 330 g/mol. The van der Waals surface area contributed by atoms with Gasteiger partial charge in [0.2, 0.25) is 0 Å². The number of nitrogens with one attached hydrogen (secondary N) is 1. The largest absolute Gasteiger partial charge is 0.362 e. The van der Waals surface area contributed by atoms with Crippen molar-refractivity contribution in [1.82, 2.24) is 14.7 Å². The van der Waals surface area contributed by atoms with Crippen LogP contribution in [-0.2, 0) is 0 Å². The Morgan fingerprint density at radius 2 is 2.09 bits per heavy atom. The van der Waals surface area contributed by atoms with Crippen LogP contribution in [0.3, 0.4) is 0 Å². The predicted molar refractivity (Wildman–Crippen MR) is 94.5 cm³/mol. The highest BCUT2D eigenvalue weighted by Crippen LogP contribution is 2.31. The second-order valence-electron chi connectivity index (χ2n) is 5.73. The Hall–Kier alpha value is -2.08. The summed E-state index contributed by atoms with van der Waals surface area (Å²) in [6.07, 6.45) is 2.35. The molecular weight excluding hydrogens is 308 g/mol. The average Bonchev–Trinajstić information content (AvgIpc) is 3.20. The Kier molecular flexibility index (Phi) is 4.52. The summed E-state index contributed by atoms with van der Waals surface area (Å²) in [6, 6.07) is 4.10. The van der Waals surface area contributed by atoms with Crippen molar-refractivity contribution in [1.29, 1.82) is 0 Å². The molecule has 0 saturated carbocycles. The van der Waals surface area contributed by atoms with Gasteiger partial charge in [-0.1, -0.05) is 18.5 Å². The van der Waals surface area contributed by atoms with Gasteiger partial charge in [-0.05, 0) is 33.3 Å². The summed E-state index contributed by atoms with van der Waals surface area (Å²) in [5, 5.41) is 10.6. The van der Waals surface area contributed by atoms with Crippen LogP contribution in [0, 0.1) is 20.8 Å². The Morgan fingerprint density at radius 1 is 1.26 bits per heavy atom. The van der Waals surface area contributed by atoms with E-state index in [9.17, 15) is 0 Å². The lowest BCUT2D eigenvalue weighted by Gasteiger charge is -2.04. The van der Waals surface area contributed by atoms with Gasteiger partial charge in [0.1, 0.15) is 5.76 Å². The predicted octanol–water partition coefficient (Wildman–Crippen LogP) is 4.73. The first-order chi connectivity index (χ1) is 11.1. The first kappa shape index (κ1) is 15.8. The molecule has 1 N–H and O–H groups in total. The zero-order valence-electron chi connectivity index (χ0n) is 14.0. The van der Waals surface area contributed by atoms with Crippen molar-refractivity contribution in [2.75, 3.05) is 11.9 Å². The van der Waals surface area contributed by atoms with Crippen molar-refractivity contribution in [3.05, 3.63) is 34.7 Å². The van der Waals surface area contributed by atoms with Gasteiger partial charge < -0.3 is 9.84 Å². The number of thiazole rings is 1. The zero-order valence-corrected chi connectivity index (χ0v) is 14.8. The summed E-state index contributed by atoms with van der Waals surface area (Å²) >= 11 is 1.65. The molecular formula is C17H22N4OS. The van der Waals surface area contributed by atoms with E-state index < -0.39 is 0 Å². The molecule has 0 aliphatic rings. The van der Waals surface area contributed by atoms with Gasteiger partial charge in [-0.3, -0.25) is 4.57 Å². The summed E-state index contributed by atoms with van der Waals surface area (Å²) in [7, 11) is 0. The third-order valence-electron chi connectivity index (χ3n) is 3.86. The van der Waals surface area contributed by atoms with Crippen LogP contribution < -0.4 is 5.32 Å². The third kappa shape index (κ3) is 3.17. The number of hydrogen-bond donors (Lipinski definition) is 1. The first-order valence-electron chi connectivity index (χ1n) is 7.92. The van der Waals surface area contributed by atoms with Gasteiger partial charge in [0.05, 0.1) is 5.69 Å². The maximum atomic E-state index is 5.21. The minimum absolute atomic E-state index is 0.810. The molecule has 0 radical (unpaired) electrons. The van der Waals surface area contributed by atoms with Crippen molar-refractivity contribution in [2.24, 2.45) is 0 Å². The number of rotatable bonds is 6.